The van der Waals surface area contributed by atoms with E-state index in [1.807, 2.05) is 29.2 Å². The van der Waals surface area contributed by atoms with Crippen molar-refractivity contribution in [3.8, 4) is 0 Å². The number of carbonyl (C=O) groups is 3. The standard InChI is InChI=1S/C26H28N4O3S/c31-23(13-7-10-20-8-3-1-4-9-20)29-14-16-30(17-15-29)24(32)18-22-19-34-26(27-22)28-25(33)21-11-5-2-6-12-21/h1-6,8-9,11-12,19H,7,10,13-18H2,(H,27,28,33). The lowest BCUT2D eigenvalue weighted by atomic mass is 10.1. The summed E-state index contributed by atoms with van der Waals surface area (Å²) in [6, 6.07) is 19.1. The summed E-state index contributed by atoms with van der Waals surface area (Å²) >= 11 is 1.30. The Kier molecular flexibility index (Phi) is 8.04. The Morgan fingerprint density at radius 2 is 1.47 bits per heavy atom. The van der Waals surface area contributed by atoms with E-state index in [0.29, 0.717) is 49.0 Å². The maximum Gasteiger partial charge on any atom is 0.257 e. The van der Waals surface area contributed by atoms with Crippen molar-refractivity contribution in [3.63, 3.8) is 0 Å². The molecule has 34 heavy (non-hydrogen) atoms. The van der Waals surface area contributed by atoms with Crippen LogP contribution < -0.4 is 5.32 Å². The summed E-state index contributed by atoms with van der Waals surface area (Å²) in [5.74, 6) is -0.0823. The Bertz CT molecular complexity index is 1110. The van der Waals surface area contributed by atoms with Gasteiger partial charge >= 0.3 is 0 Å². The lowest BCUT2D eigenvalue weighted by Gasteiger charge is -2.34. The monoisotopic (exact) mass is 476 g/mol. The Morgan fingerprint density at radius 3 is 2.15 bits per heavy atom. The second kappa shape index (κ2) is 11.6. The van der Waals surface area contributed by atoms with Crippen molar-refractivity contribution in [3.05, 3.63) is 82.9 Å². The number of hydrogen-bond donors (Lipinski definition) is 1. The zero-order valence-electron chi connectivity index (χ0n) is 19.0. The summed E-state index contributed by atoms with van der Waals surface area (Å²) in [6.07, 6.45) is 2.43. The highest BCUT2D eigenvalue weighted by Crippen LogP contribution is 2.18. The van der Waals surface area contributed by atoms with Gasteiger partial charge in [-0.05, 0) is 30.5 Å². The highest BCUT2D eigenvalue weighted by atomic mass is 32.1. The van der Waals surface area contributed by atoms with Crippen LogP contribution in [0.25, 0.3) is 0 Å². The molecule has 3 aromatic rings. The van der Waals surface area contributed by atoms with Gasteiger partial charge in [-0.25, -0.2) is 4.98 Å². The van der Waals surface area contributed by atoms with E-state index in [2.05, 4.69) is 22.4 Å². The van der Waals surface area contributed by atoms with E-state index in [4.69, 9.17) is 0 Å². The Morgan fingerprint density at radius 1 is 0.853 bits per heavy atom. The van der Waals surface area contributed by atoms with Gasteiger partial charge in [0.2, 0.25) is 11.8 Å². The molecular weight excluding hydrogens is 448 g/mol. The highest BCUT2D eigenvalue weighted by Gasteiger charge is 2.24. The number of amides is 3. The number of hydrogen-bond acceptors (Lipinski definition) is 5. The van der Waals surface area contributed by atoms with Crippen LogP contribution in [0.4, 0.5) is 5.13 Å². The van der Waals surface area contributed by atoms with Gasteiger partial charge in [-0.1, -0.05) is 48.5 Å². The van der Waals surface area contributed by atoms with Crippen LogP contribution in [-0.2, 0) is 22.4 Å². The van der Waals surface area contributed by atoms with E-state index in [1.54, 1.807) is 34.5 Å². The van der Waals surface area contributed by atoms with Crippen LogP contribution in [0.15, 0.2) is 66.0 Å². The van der Waals surface area contributed by atoms with Crippen LogP contribution in [0.2, 0.25) is 0 Å². The Labute approximate surface area is 203 Å². The summed E-state index contributed by atoms with van der Waals surface area (Å²) in [7, 11) is 0. The van der Waals surface area contributed by atoms with Crippen molar-refractivity contribution in [2.75, 3.05) is 31.5 Å². The van der Waals surface area contributed by atoms with Crippen molar-refractivity contribution >= 4 is 34.2 Å². The van der Waals surface area contributed by atoms with Gasteiger partial charge in [-0.2, -0.15) is 0 Å². The summed E-state index contributed by atoms with van der Waals surface area (Å²) < 4.78 is 0. The molecule has 1 fully saturated rings. The van der Waals surface area contributed by atoms with Crippen LogP contribution in [0, 0.1) is 0 Å². The molecule has 0 spiro atoms. The van der Waals surface area contributed by atoms with E-state index >= 15 is 0 Å². The number of thiazole rings is 1. The lowest BCUT2D eigenvalue weighted by molar-refractivity contribution is -0.139. The number of rotatable bonds is 8. The molecule has 1 aliphatic heterocycles. The molecule has 1 saturated heterocycles. The van der Waals surface area contributed by atoms with Gasteiger partial charge in [0.1, 0.15) is 0 Å². The number of nitrogens with one attached hydrogen (secondary N) is 1. The normalized spacial score (nSPS) is 13.5. The number of nitrogens with zero attached hydrogens (tertiary/aromatic N) is 3. The van der Waals surface area contributed by atoms with Crippen molar-refractivity contribution in [2.45, 2.75) is 25.7 Å². The van der Waals surface area contributed by atoms with Crippen molar-refractivity contribution in [2.24, 2.45) is 0 Å². The zero-order chi connectivity index (χ0) is 23.8. The topological polar surface area (TPSA) is 82.6 Å². The number of carbonyl (C=O) groups excluding carboxylic acids is 3. The maximum absolute atomic E-state index is 12.7. The largest absolute Gasteiger partial charge is 0.339 e. The van der Waals surface area contributed by atoms with Crippen LogP contribution in [-0.4, -0.2) is 58.7 Å². The maximum atomic E-state index is 12.7. The first-order valence-corrected chi connectivity index (χ1v) is 12.4. The summed E-state index contributed by atoms with van der Waals surface area (Å²) in [4.78, 5) is 45.5. The van der Waals surface area contributed by atoms with Crippen LogP contribution >= 0.6 is 11.3 Å². The van der Waals surface area contributed by atoms with E-state index in [-0.39, 0.29) is 24.1 Å². The third-order valence-electron chi connectivity index (χ3n) is 5.82. The summed E-state index contributed by atoms with van der Waals surface area (Å²) in [5.41, 5.74) is 2.44. The minimum absolute atomic E-state index is 0.0117. The molecule has 0 radical (unpaired) electrons. The zero-order valence-corrected chi connectivity index (χ0v) is 19.8. The number of piperazine rings is 1. The van der Waals surface area contributed by atoms with Gasteiger partial charge in [-0.3, -0.25) is 19.7 Å². The second-order valence-electron chi connectivity index (χ2n) is 8.24. The van der Waals surface area contributed by atoms with Crippen LogP contribution in [0.3, 0.4) is 0 Å². The molecule has 2 heterocycles. The molecule has 1 N–H and O–H groups in total. The fraction of sp³-hybridized carbons (Fsp3) is 0.308. The van der Waals surface area contributed by atoms with Gasteiger partial charge in [0.25, 0.3) is 5.91 Å². The molecule has 0 unspecified atom stereocenters. The molecule has 2 aromatic carbocycles. The molecule has 7 nitrogen and oxygen atoms in total. The number of aromatic nitrogens is 1. The molecule has 0 atom stereocenters. The average molecular weight is 477 g/mol. The molecule has 4 rings (SSSR count). The van der Waals surface area contributed by atoms with Gasteiger partial charge in [0.15, 0.2) is 5.13 Å². The quantitative estimate of drug-likeness (QED) is 0.538. The minimum Gasteiger partial charge on any atom is -0.339 e. The SMILES string of the molecule is O=C(Nc1nc(CC(=O)N2CCN(C(=O)CCCc3ccccc3)CC2)cs1)c1ccccc1. The van der Waals surface area contributed by atoms with Gasteiger partial charge < -0.3 is 9.80 Å². The number of benzene rings is 2. The number of aryl methyl sites for hydroxylation is 1. The highest BCUT2D eigenvalue weighted by molar-refractivity contribution is 7.14. The average Bonchev–Trinajstić information content (AvgIpc) is 3.31. The summed E-state index contributed by atoms with van der Waals surface area (Å²) in [6.45, 7) is 2.19. The van der Waals surface area contributed by atoms with E-state index in [1.165, 1.54) is 16.9 Å². The first kappa shape index (κ1) is 23.6. The minimum atomic E-state index is -0.225. The van der Waals surface area contributed by atoms with Crippen LogP contribution in [0.5, 0.6) is 0 Å². The molecule has 0 aliphatic carbocycles. The Hall–Kier alpha value is -3.52. The molecule has 8 heteroatoms. The van der Waals surface area contributed by atoms with Gasteiger partial charge in [-0.15, -0.1) is 11.3 Å². The van der Waals surface area contributed by atoms with Crippen molar-refractivity contribution < 1.29 is 14.4 Å². The summed E-state index contributed by atoms with van der Waals surface area (Å²) in [5, 5.41) is 5.05. The molecule has 3 amide bonds. The van der Waals surface area contributed by atoms with E-state index in [0.717, 1.165) is 12.8 Å². The predicted octanol–water partition coefficient (Wildman–Crippen LogP) is 3.63. The first-order valence-electron chi connectivity index (χ1n) is 11.5. The predicted molar refractivity (Wildman–Crippen MR) is 133 cm³/mol. The van der Waals surface area contributed by atoms with Crippen LogP contribution in [0.1, 0.15) is 34.5 Å². The molecule has 1 aliphatic rings. The second-order valence-corrected chi connectivity index (χ2v) is 9.10. The molecular formula is C26H28N4O3S. The van der Waals surface area contributed by atoms with Gasteiger partial charge in [0, 0.05) is 43.5 Å². The Balaban J connectivity index is 1.19. The van der Waals surface area contributed by atoms with E-state index < -0.39 is 0 Å². The van der Waals surface area contributed by atoms with E-state index in [9.17, 15) is 14.4 Å². The smallest absolute Gasteiger partial charge is 0.257 e. The van der Waals surface area contributed by atoms with Crippen molar-refractivity contribution in [1.29, 1.82) is 0 Å². The molecule has 176 valence electrons. The first-order chi connectivity index (χ1) is 16.6. The fourth-order valence-corrected chi connectivity index (χ4v) is 4.63. The fourth-order valence-electron chi connectivity index (χ4n) is 3.92. The molecule has 0 saturated carbocycles. The number of anilines is 1. The molecule has 0 bridgehead atoms. The third kappa shape index (κ3) is 6.51. The van der Waals surface area contributed by atoms with Crippen molar-refractivity contribution in [1.82, 2.24) is 14.8 Å². The molecule has 1 aromatic heterocycles. The van der Waals surface area contributed by atoms with Gasteiger partial charge in [0.05, 0.1) is 12.1 Å². The third-order valence-corrected chi connectivity index (χ3v) is 6.63. The lowest BCUT2D eigenvalue weighted by Crippen LogP contribution is -2.51.